The van der Waals surface area contributed by atoms with E-state index in [0.717, 1.165) is 35.5 Å². The minimum absolute atomic E-state index is 0.0867. The van der Waals surface area contributed by atoms with E-state index in [2.05, 4.69) is 5.32 Å². The van der Waals surface area contributed by atoms with E-state index in [4.69, 9.17) is 4.74 Å². The molecular weight excluding hydrogens is 386 g/mol. The van der Waals surface area contributed by atoms with E-state index >= 15 is 0 Å². The van der Waals surface area contributed by atoms with Gasteiger partial charge >= 0.3 is 6.03 Å². The highest BCUT2D eigenvalue weighted by Gasteiger charge is 2.49. The number of aryl methyl sites for hydroxylation is 1. The van der Waals surface area contributed by atoms with Gasteiger partial charge in [0, 0.05) is 30.5 Å². The first-order valence-corrected chi connectivity index (χ1v) is 10.7. The molecule has 0 aliphatic carbocycles. The number of hydrogen-bond donors (Lipinski definition) is 1. The molecule has 0 atom stereocenters. The smallest absolute Gasteiger partial charge is 0.321 e. The van der Waals surface area contributed by atoms with Crippen LogP contribution in [0, 0.1) is 6.92 Å². The van der Waals surface area contributed by atoms with Gasteiger partial charge in [-0.05, 0) is 43.5 Å². The van der Waals surface area contributed by atoms with Crippen LogP contribution in [0.5, 0.6) is 5.75 Å². The molecule has 2 aromatic rings. The molecule has 2 aliphatic heterocycles. The quantitative estimate of drug-likeness (QED) is 0.826. The zero-order valence-electron chi connectivity index (χ0n) is 16.7. The summed E-state index contributed by atoms with van der Waals surface area (Å²) in [7, 11) is 1.63. The molecule has 2 heterocycles. The fourth-order valence-corrected chi connectivity index (χ4v) is 5.34. The molecule has 0 radical (unpaired) electrons. The van der Waals surface area contributed by atoms with E-state index in [1.165, 1.54) is 0 Å². The van der Waals surface area contributed by atoms with Gasteiger partial charge in [0.2, 0.25) is 5.91 Å². The van der Waals surface area contributed by atoms with Gasteiger partial charge in [-0.1, -0.05) is 24.3 Å². The number of urea groups is 1. The molecule has 1 spiro atoms. The number of benzene rings is 2. The van der Waals surface area contributed by atoms with Crippen molar-refractivity contribution in [1.82, 2.24) is 4.90 Å². The van der Waals surface area contributed by atoms with Crippen LogP contribution in [0.25, 0.3) is 0 Å². The van der Waals surface area contributed by atoms with Crippen molar-refractivity contribution in [3.05, 3.63) is 54.1 Å². The van der Waals surface area contributed by atoms with Crippen LogP contribution in [0.15, 0.2) is 48.5 Å². The molecule has 0 aromatic heterocycles. The second kappa shape index (κ2) is 7.99. The van der Waals surface area contributed by atoms with Gasteiger partial charge in [0.15, 0.2) is 0 Å². The Labute approximate surface area is 175 Å². The number of rotatable bonds is 3. The van der Waals surface area contributed by atoms with Crippen molar-refractivity contribution in [2.24, 2.45) is 0 Å². The summed E-state index contributed by atoms with van der Waals surface area (Å²) in [6.07, 6.45) is 1.48. The van der Waals surface area contributed by atoms with Crippen LogP contribution in [0.1, 0.15) is 18.4 Å². The molecule has 7 heteroatoms. The number of piperidine rings is 1. The molecule has 4 rings (SSSR count). The molecule has 0 bridgehead atoms. The zero-order chi connectivity index (χ0) is 20.4. The maximum Gasteiger partial charge on any atom is 0.321 e. The maximum atomic E-state index is 12.7. The van der Waals surface area contributed by atoms with Gasteiger partial charge in [-0.3, -0.25) is 9.69 Å². The van der Waals surface area contributed by atoms with Gasteiger partial charge in [0.25, 0.3) is 0 Å². The Morgan fingerprint density at radius 1 is 1.14 bits per heavy atom. The molecule has 6 nitrogen and oxygen atoms in total. The molecule has 0 unspecified atom stereocenters. The number of methoxy groups -OCH3 is 1. The molecule has 0 saturated carbocycles. The molecular formula is C22H25N3O3S. The summed E-state index contributed by atoms with van der Waals surface area (Å²) < 4.78 is 5.33. The Morgan fingerprint density at radius 2 is 1.90 bits per heavy atom. The summed E-state index contributed by atoms with van der Waals surface area (Å²) in [6.45, 7) is 3.20. The van der Waals surface area contributed by atoms with Crippen LogP contribution >= 0.6 is 11.8 Å². The summed E-state index contributed by atoms with van der Waals surface area (Å²) in [6, 6.07) is 15.3. The topological polar surface area (TPSA) is 61.9 Å². The Hall–Kier alpha value is -2.67. The lowest BCUT2D eigenvalue weighted by Gasteiger charge is -2.44. The number of hydrogen-bond acceptors (Lipinski definition) is 4. The van der Waals surface area contributed by atoms with Crippen molar-refractivity contribution in [2.45, 2.75) is 24.6 Å². The molecule has 2 fully saturated rings. The maximum absolute atomic E-state index is 12.7. The standard InChI is InChI=1S/C22H25N3O3S/c1-16-6-3-4-9-19(16)23-21(27)24-12-10-22(11-13-24)25(20(26)15-29-22)17-7-5-8-18(14-17)28-2/h3-9,14H,10-13,15H2,1-2H3,(H,23,27). The van der Waals surface area contributed by atoms with E-state index in [9.17, 15) is 9.59 Å². The van der Waals surface area contributed by atoms with Crippen molar-refractivity contribution in [3.8, 4) is 5.75 Å². The SMILES string of the molecule is COc1cccc(N2C(=O)CSC23CCN(C(=O)Nc2ccccc2C)CC3)c1. The largest absolute Gasteiger partial charge is 0.497 e. The Morgan fingerprint density at radius 3 is 2.62 bits per heavy atom. The average molecular weight is 412 g/mol. The predicted molar refractivity (Wildman–Crippen MR) is 117 cm³/mol. The van der Waals surface area contributed by atoms with Crippen LogP contribution in [-0.4, -0.2) is 47.7 Å². The number of carbonyl (C=O) groups excluding carboxylic acids is 2. The third-order valence-corrected chi connectivity index (χ3v) is 7.17. The third kappa shape index (κ3) is 3.79. The second-order valence-corrected chi connectivity index (χ2v) is 8.73. The summed E-state index contributed by atoms with van der Waals surface area (Å²) in [5.74, 6) is 1.31. The minimum atomic E-state index is -0.303. The first-order chi connectivity index (χ1) is 14.0. The lowest BCUT2D eigenvalue weighted by atomic mass is 10.0. The molecule has 152 valence electrons. The fraction of sp³-hybridized carbons (Fsp3) is 0.364. The highest BCUT2D eigenvalue weighted by atomic mass is 32.2. The van der Waals surface area contributed by atoms with E-state index in [-0.39, 0.29) is 16.8 Å². The molecule has 1 N–H and O–H groups in total. The summed E-state index contributed by atoms with van der Waals surface area (Å²) >= 11 is 1.69. The van der Waals surface area contributed by atoms with E-state index in [1.807, 2.05) is 65.3 Å². The van der Waals surface area contributed by atoms with E-state index < -0.39 is 0 Å². The highest BCUT2D eigenvalue weighted by Crippen LogP contribution is 2.47. The van der Waals surface area contributed by atoms with Crippen molar-refractivity contribution in [3.63, 3.8) is 0 Å². The predicted octanol–water partition coefficient (Wildman–Crippen LogP) is 4.11. The number of ether oxygens (including phenoxy) is 1. The van der Waals surface area contributed by atoms with Crippen molar-refractivity contribution in [2.75, 3.05) is 36.2 Å². The lowest BCUT2D eigenvalue weighted by molar-refractivity contribution is -0.116. The van der Waals surface area contributed by atoms with Gasteiger partial charge in [-0.25, -0.2) is 4.79 Å². The zero-order valence-corrected chi connectivity index (χ0v) is 17.5. The monoisotopic (exact) mass is 411 g/mol. The number of carbonyl (C=O) groups is 2. The normalized spacial score (nSPS) is 18.2. The molecule has 2 aromatic carbocycles. The average Bonchev–Trinajstić information content (AvgIpc) is 3.05. The highest BCUT2D eigenvalue weighted by molar-refractivity contribution is 8.02. The number of amides is 3. The number of para-hydroxylation sites is 1. The fourth-order valence-electron chi connectivity index (χ4n) is 4.02. The second-order valence-electron chi connectivity index (χ2n) is 7.40. The molecule has 2 aliphatic rings. The Balaban J connectivity index is 1.47. The van der Waals surface area contributed by atoms with E-state index in [1.54, 1.807) is 18.9 Å². The minimum Gasteiger partial charge on any atom is -0.497 e. The first kappa shape index (κ1) is 19.6. The summed E-state index contributed by atoms with van der Waals surface area (Å²) in [5.41, 5.74) is 2.73. The number of anilines is 2. The number of nitrogens with zero attached hydrogens (tertiary/aromatic N) is 2. The summed E-state index contributed by atoms with van der Waals surface area (Å²) in [5, 5.41) is 3.01. The van der Waals surface area contributed by atoms with Crippen LogP contribution in [0.4, 0.5) is 16.2 Å². The third-order valence-electron chi connectivity index (χ3n) is 5.65. The Kier molecular flexibility index (Phi) is 5.41. The molecule has 2 saturated heterocycles. The van der Waals surface area contributed by atoms with Crippen LogP contribution in [-0.2, 0) is 4.79 Å². The van der Waals surface area contributed by atoms with Gasteiger partial charge in [-0.15, -0.1) is 11.8 Å². The van der Waals surface area contributed by atoms with Crippen molar-refractivity contribution < 1.29 is 14.3 Å². The number of likely N-dealkylation sites (tertiary alicyclic amines) is 1. The van der Waals surface area contributed by atoms with Gasteiger partial charge < -0.3 is 15.0 Å². The van der Waals surface area contributed by atoms with Gasteiger partial charge in [0.05, 0.1) is 17.7 Å². The van der Waals surface area contributed by atoms with Gasteiger partial charge in [0.1, 0.15) is 5.75 Å². The molecule has 3 amide bonds. The lowest BCUT2D eigenvalue weighted by Crippen LogP contribution is -2.53. The molecule has 29 heavy (non-hydrogen) atoms. The Bertz CT molecular complexity index is 925. The van der Waals surface area contributed by atoms with Crippen molar-refractivity contribution >= 4 is 35.1 Å². The van der Waals surface area contributed by atoms with Crippen molar-refractivity contribution in [1.29, 1.82) is 0 Å². The van der Waals surface area contributed by atoms with Gasteiger partial charge in [-0.2, -0.15) is 0 Å². The van der Waals surface area contributed by atoms with E-state index in [0.29, 0.717) is 18.8 Å². The summed E-state index contributed by atoms with van der Waals surface area (Å²) in [4.78, 5) is 28.9. The van der Waals surface area contributed by atoms with Crippen LogP contribution < -0.4 is 15.0 Å². The van der Waals surface area contributed by atoms with Crippen LogP contribution in [0.3, 0.4) is 0 Å². The van der Waals surface area contributed by atoms with Crippen LogP contribution in [0.2, 0.25) is 0 Å². The number of thioether (sulfide) groups is 1. The first-order valence-electron chi connectivity index (χ1n) is 9.75. The number of nitrogens with one attached hydrogen (secondary N) is 1.